The van der Waals surface area contributed by atoms with E-state index in [1.54, 1.807) is 23.1 Å². The fraction of sp³-hybridized carbons (Fsp3) is 0.261. The third-order valence-corrected chi connectivity index (χ3v) is 5.61. The zero-order valence-corrected chi connectivity index (χ0v) is 15.9. The number of carboxylic acids is 1. The minimum atomic E-state index is -1.37. The molecule has 0 unspecified atom stereocenters. The molecule has 2 heterocycles. The molecule has 29 heavy (non-hydrogen) atoms. The zero-order valence-electron chi connectivity index (χ0n) is 15.9. The van der Waals surface area contributed by atoms with Gasteiger partial charge in [0.15, 0.2) is 5.57 Å². The Morgan fingerprint density at radius 1 is 1.07 bits per heavy atom. The summed E-state index contributed by atoms with van der Waals surface area (Å²) in [5, 5.41) is 18.7. The van der Waals surface area contributed by atoms with E-state index in [0.717, 1.165) is 32.5 Å². The van der Waals surface area contributed by atoms with E-state index >= 15 is 0 Å². The SMILES string of the molecule is N#CC(C(=O)O)=C1C(=O)N(C2CCN(Cc3ccccc3)CC2)c2ccccc21. The predicted molar refractivity (Wildman–Crippen MR) is 109 cm³/mol. The van der Waals surface area contributed by atoms with Gasteiger partial charge in [0.1, 0.15) is 6.07 Å². The number of carboxylic acid groups (broad SMARTS) is 1. The maximum Gasteiger partial charge on any atom is 0.347 e. The van der Waals surface area contributed by atoms with Crippen molar-refractivity contribution in [3.63, 3.8) is 0 Å². The van der Waals surface area contributed by atoms with E-state index in [-0.39, 0.29) is 17.5 Å². The molecule has 2 aliphatic rings. The average molecular weight is 387 g/mol. The number of fused-ring (bicyclic) bond motifs is 1. The van der Waals surface area contributed by atoms with Gasteiger partial charge in [-0.2, -0.15) is 5.26 Å². The summed E-state index contributed by atoms with van der Waals surface area (Å²) >= 11 is 0. The molecular formula is C23H21N3O3. The number of nitriles is 1. The van der Waals surface area contributed by atoms with Gasteiger partial charge >= 0.3 is 5.97 Å². The van der Waals surface area contributed by atoms with E-state index in [1.165, 1.54) is 5.56 Å². The van der Waals surface area contributed by atoms with Crippen LogP contribution in [0.4, 0.5) is 5.69 Å². The fourth-order valence-electron chi connectivity index (χ4n) is 4.23. The molecule has 0 aliphatic carbocycles. The Morgan fingerprint density at radius 2 is 1.72 bits per heavy atom. The number of para-hydroxylation sites is 1. The largest absolute Gasteiger partial charge is 0.477 e. The van der Waals surface area contributed by atoms with E-state index in [4.69, 9.17) is 0 Å². The Bertz CT molecular complexity index is 1020. The second-order valence-corrected chi connectivity index (χ2v) is 7.35. The molecular weight excluding hydrogens is 366 g/mol. The van der Waals surface area contributed by atoms with Crippen molar-refractivity contribution in [1.29, 1.82) is 5.26 Å². The molecule has 0 radical (unpaired) electrons. The number of carbonyl (C=O) groups is 2. The van der Waals surface area contributed by atoms with Crippen molar-refractivity contribution in [2.24, 2.45) is 0 Å². The van der Waals surface area contributed by atoms with Crippen LogP contribution < -0.4 is 4.90 Å². The number of nitrogens with zero attached hydrogens (tertiary/aromatic N) is 3. The first-order chi connectivity index (χ1) is 14.1. The Morgan fingerprint density at radius 3 is 2.38 bits per heavy atom. The topological polar surface area (TPSA) is 84.6 Å². The minimum Gasteiger partial charge on any atom is -0.477 e. The van der Waals surface area contributed by atoms with Gasteiger partial charge in [-0.05, 0) is 24.5 Å². The standard InChI is InChI=1S/C23H21N3O3/c24-14-19(23(28)29)21-18-8-4-5-9-20(18)26(22(21)27)17-10-12-25(13-11-17)15-16-6-2-1-3-7-16/h1-9,17H,10-13,15H2,(H,28,29). The van der Waals surface area contributed by atoms with E-state index in [0.29, 0.717) is 11.3 Å². The summed E-state index contributed by atoms with van der Waals surface area (Å²) < 4.78 is 0. The van der Waals surface area contributed by atoms with Crippen LogP contribution in [0.25, 0.3) is 5.57 Å². The van der Waals surface area contributed by atoms with Crippen molar-refractivity contribution in [1.82, 2.24) is 4.90 Å². The van der Waals surface area contributed by atoms with Crippen LogP contribution in [0.1, 0.15) is 24.0 Å². The Balaban J connectivity index is 1.56. The lowest BCUT2D eigenvalue weighted by Gasteiger charge is -2.37. The molecule has 146 valence electrons. The van der Waals surface area contributed by atoms with Gasteiger partial charge in [0.2, 0.25) is 0 Å². The third-order valence-electron chi connectivity index (χ3n) is 5.61. The van der Waals surface area contributed by atoms with Crippen LogP contribution in [0, 0.1) is 11.3 Å². The lowest BCUT2D eigenvalue weighted by atomic mass is 10.0. The minimum absolute atomic E-state index is 0.00214. The molecule has 0 spiro atoms. The lowest BCUT2D eigenvalue weighted by Crippen LogP contribution is -2.46. The second kappa shape index (κ2) is 7.90. The third kappa shape index (κ3) is 3.53. The van der Waals surface area contributed by atoms with E-state index in [2.05, 4.69) is 17.0 Å². The molecule has 1 saturated heterocycles. The van der Waals surface area contributed by atoms with Crippen LogP contribution in [0.15, 0.2) is 60.2 Å². The fourth-order valence-corrected chi connectivity index (χ4v) is 4.23. The number of hydrogen-bond acceptors (Lipinski definition) is 4. The Hall–Kier alpha value is -3.43. The summed E-state index contributed by atoms with van der Waals surface area (Å²) in [6.45, 7) is 2.59. The van der Waals surface area contributed by atoms with Crippen molar-refractivity contribution in [3.8, 4) is 6.07 Å². The van der Waals surface area contributed by atoms with Crippen LogP contribution in [-0.4, -0.2) is 41.0 Å². The Kier molecular flexibility index (Phi) is 5.15. The first-order valence-corrected chi connectivity index (χ1v) is 9.67. The van der Waals surface area contributed by atoms with Gasteiger partial charge in [-0.15, -0.1) is 0 Å². The summed E-state index contributed by atoms with van der Waals surface area (Å²) in [5.74, 6) is -1.75. The number of carbonyl (C=O) groups excluding carboxylic acids is 1. The van der Waals surface area contributed by atoms with E-state index in [9.17, 15) is 20.0 Å². The van der Waals surface area contributed by atoms with Crippen molar-refractivity contribution in [2.45, 2.75) is 25.4 Å². The highest BCUT2D eigenvalue weighted by atomic mass is 16.4. The smallest absolute Gasteiger partial charge is 0.347 e. The van der Waals surface area contributed by atoms with Gasteiger partial charge in [-0.3, -0.25) is 9.69 Å². The highest BCUT2D eigenvalue weighted by Crippen LogP contribution is 2.41. The van der Waals surface area contributed by atoms with Gasteiger partial charge in [-0.1, -0.05) is 48.5 Å². The molecule has 0 aromatic heterocycles. The van der Waals surface area contributed by atoms with E-state index < -0.39 is 11.5 Å². The number of piperidine rings is 1. The van der Waals surface area contributed by atoms with Crippen molar-refractivity contribution >= 4 is 23.1 Å². The van der Waals surface area contributed by atoms with Crippen molar-refractivity contribution < 1.29 is 14.7 Å². The summed E-state index contributed by atoms with van der Waals surface area (Å²) in [5.41, 5.74) is 2.00. The average Bonchev–Trinajstić information content (AvgIpc) is 3.02. The monoisotopic (exact) mass is 387 g/mol. The van der Waals surface area contributed by atoms with Gasteiger partial charge < -0.3 is 10.0 Å². The van der Waals surface area contributed by atoms with Crippen LogP contribution in [-0.2, 0) is 16.1 Å². The van der Waals surface area contributed by atoms with Crippen LogP contribution in [0.3, 0.4) is 0 Å². The zero-order chi connectivity index (χ0) is 20.4. The summed E-state index contributed by atoms with van der Waals surface area (Å²) in [4.78, 5) is 28.8. The molecule has 1 N–H and O–H groups in total. The molecule has 4 rings (SSSR count). The number of hydrogen-bond donors (Lipinski definition) is 1. The van der Waals surface area contributed by atoms with Crippen LogP contribution >= 0.6 is 0 Å². The predicted octanol–water partition coefficient (Wildman–Crippen LogP) is 3.06. The lowest BCUT2D eigenvalue weighted by molar-refractivity contribution is -0.132. The molecule has 0 bridgehead atoms. The maximum absolute atomic E-state index is 13.2. The molecule has 0 saturated carbocycles. The van der Waals surface area contributed by atoms with Gasteiger partial charge in [0, 0.05) is 31.2 Å². The quantitative estimate of drug-likeness (QED) is 0.644. The molecule has 2 aliphatic heterocycles. The molecule has 6 nitrogen and oxygen atoms in total. The summed E-state index contributed by atoms with van der Waals surface area (Å²) in [6, 6.07) is 19.1. The van der Waals surface area contributed by atoms with Crippen molar-refractivity contribution in [3.05, 3.63) is 71.3 Å². The van der Waals surface area contributed by atoms with Gasteiger partial charge in [0.05, 0.1) is 11.3 Å². The molecule has 0 atom stereocenters. The maximum atomic E-state index is 13.2. The number of aliphatic carboxylic acids is 1. The normalized spacial score (nSPS) is 19.0. The van der Waals surface area contributed by atoms with Gasteiger partial charge in [-0.25, -0.2) is 4.79 Å². The number of anilines is 1. The Labute approximate surface area is 169 Å². The first kappa shape index (κ1) is 18.9. The first-order valence-electron chi connectivity index (χ1n) is 9.67. The number of rotatable bonds is 4. The molecule has 2 aromatic carbocycles. The summed E-state index contributed by atoms with van der Waals surface area (Å²) in [7, 11) is 0. The highest BCUT2D eigenvalue weighted by molar-refractivity contribution is 6.36. The number of likely N-dealkylation sites (tertiary alicyclic amines) is 1. The molecule has 1 fully saturated rings. The van der Waals surface area contributed by atoms with Crippen molar-refractivity contribution in [2.75, 3.05) is 18.0 Å². The van der Waals surface area contributed by atoms with Crippen LogP contribution in [0.2, 0.25) is 0 Å². The second-order valence-electron chi connectivity index (χ2n) is 7.35. The van der Waals surface area contributed by atoms with Crippen LogP contribution in [0.5, 0.6) is 0 Å². The number of benzene rings is 2. The van der Waals surface area contributed by atoms with Gasteiger partial charge in [0.25, 0.3) is 5.91 Å². The van der Waals surface area contributed by atoms with E-state index in [1.807, 2.05) is 30.3 Å². The number of amides is 1. The highest BCUT2D eigenvalue weighted by Gasteiger charge is 2.40. The molecule has 6 heteroatoms. The summed E-state index contributed by atoms with van der Waals surface area (Å²) in [6.07, 6.45) is 1.60. The molecule has 1 amide bonds. The molecule has 2 aromatic rings.